The molecule has 0 radical (unpaired) electrons. The van der Waals surface area contributed by atoms with E-state index in [0.29, 0.717) is 42.1 Å². The molecule has 1 aromatic carbocycles. The molecule has 3 fully saturated rings. The number of urea groups is 1. The smallest absolute Gasteiger partial charge is 0.410 e. The highest BCUT2D eigenvalue weighted by atomic mass is 35.5. The molecule has 0 bridgehead atoms. The van der Waals surface area contributed by atoms with E-state index in [1.54, 1.807) is 12.1 Å². The van der Waals surface area contributed by atoms with Gasteiger partial charge in [-0.3, -0.25) is 24.0 Å². The fourth-order valence-corrected chi connectivity index (χ4v) is 8.86. The van der Waals surface area contributed by atoms with E-state index in [2.05, 4.69) is 20.7 Å². The Morgan fingerprint density at radius 2 is 1.67 bits per heavy atom. The molecule has 52 heavy (non-hydrogen) atoms. The zero-order chi connectivity index (χ0) is 37.6. The number of carbonyl (C=O) groups excluding carboxylic acids is 5. The number of hydrogen-bond acceptors (Lipinski definition) is 8. The van der Waals surface area contributed by atoms with E-state index in [9.17, 15) is 32.4 Å². The van der Waals surface area contributed by atoms with Crippen LogP contribution in [0.25, 0.3) is 0 Å². The van der Waals surface area contributed by atoms with Crippen LogP contribution in [0.1, 0.15) is 89.7 Å². The van der Waals surface area contributed by atoms with Gasteiger partial charge in [0, 0.05) is 31.0 Å². The van der Waals surface area contributed by atoms with Crippen LogP contribution >= 0.6 is 23.2 Å². The number of nitrogens with zero attached hydrogens (tertiary/aromatic N) is 2. The van der Waals surface area contributed by atoms with Crippen molar-refractivity contribution in [2.75, 3.05) is 6.54 Å². The van der Waals surface area contributed by atoms with Gasteiger partial charge in [-0.15, -0.1) is 0 Å². The van der Waals surface area contributed by atoms with Gasteiger partial charge in [-0.05, 0) is 82.6 Å². The zero-order valence-electron chi connectivity index (χ0n) is 29.5. The van der Waals surface area contributed by atoms with E-state index >= 15 is 0 Å². The normalized spacial score (nSPS) is 28.6. The summed E-state index contributed by atoms with van der Waals surface area (Å²) in [6.45, 7) is 5.76. The number of allylic oxidation sites excluding steroid dienone is 1. The summed E-state index contributed by atoms with van der Waals surface area (Å²) in [5.74, 6) is -2.49. The number of benzene rings is 1. The second-order valence-electron chi connectivity index (χ2n) is 15.6. The van der Waals surface area contributed by atoms with E-state index in [4.69, 9.17) is 27.9 Å². The minimum Gasteiger partial charge on any atom is -0.444 e. The van der Waals surface area contributed by atoms with Crippen LogP contribution in [-0.4, -0.2) is 89.1 Å². The Balaban J connectivity index is 1.25. The van der Waals surface area contributed by atoms with Crippen molar-refractivity contribution in [3.63, 3.8) is 0 Å². The number of nitrogens with one attached hydrogen (secondary N) is 4. The third kappa shape index (κ3) is 8.62. The SMILES string of the molecule is CC(C)(C)NC(=O)N[C@H]1CCCCC/C=C\[C@@H]2C[C@@]2(C(=O)NS(=O)(=O)C2CC2)NC(=O)[C@@H]2C[C@@H](OC(=O)N3Cc4cc(Cl)c(Cl)cc4C3)CN2C1=O. The Kier molecular flexibility index (Phi) is 10.8. The lowest BCUT2D eigenvalue weighted by atomic mass is 10.0. The molecule has 2 saturated carbocycles. The average Bonchev–Trinajstić information content (AvgIpc) is 3.94. The van der Waals surface area contributed by atoms with Crippen molar-refractivity contribution in [1.82, 2.24) is 30.5 Å². The lowest BCUT2D eigenvalue weighted by Crippen LogP contribution is -2.59. The van der Waals surface area contributed by atoms with Crippen LogP contribution in [0.2, 0.25) is 10.0 Å². The van der Waals surface area contributed by atoms with Gasteiger partial charge in [-0.25, -0.2) is 18.0 Å². The van der Waals surface area contributed by atoms with Crippen LogP contribution in [0.4, 0.5) is 9.59 Å². The predicted octanol–water partition coefficient (Wildman–Crippen LogP) is 3.89. The van der Waals surface area contributed by atoms with Gasteiger partial charge < -0.3 is 25.6 Å². The van der Waals surface area contributed by atoms with Gasteiger partial charge in [0.2, 0.25) is 21.8 Å². The summed E-state index contributed by atoms with van der Waals surface area (Å²) < 4.78 is 33.6. The highest BCUT2D eigenvalue weighted by Crippen LogP contribution is 2.46. The Bertz CT molecular complexity index is 1750. The van der Waals surface area contributed by atoms with Gasteiger partial charge in [-0.2, -0.15) is 0 Å². The van der Waals surface area contributed by atoms with Crippen LogP contribution in [0.3, 0.4) is 0 Å². The highest BCUT2D eigenvalue weighted by molar-refractivity contribution is 7.91. The number of carbonyl (C=O) groups is 5. The molecule has 1 saturated heterocycles. The van der Waals surface area contributed by atoms with Crippen LogP contribution < -0.4 is 20.7 Å². The highest BCUT2D eigenvalue weighted by Gasteiger charge is 2.62. The summed E-state index contributed by atoms with van der Waals surface area (Å²) in [6, 6.07) is 0.677. The number of hydrogen-bond donors (Lipinski definition) is 4. The van der Waals surface area contributed by atoms with Crippen molar-refractivity contribution in [2.24, 2.45) is 5.92 Å². The Morgan fingerprint density at radius 1 is 1.00 bits per heavy atom. The molecule has 284 valence electrons. The molecular formula is C35H46Cl2N6O8S. The zero-order valence-corrected chi connectivity index (χ0v) is 31.8. The lowest BCUT2D eigenvalue weighted by Gasteiger charge is -2.30. The van der Waals surface area contributed by atoms with Crippen molar-refractivity contribution in [3.05, 3.63) is 45.5 Å². The predicted molar refractivity (Wildman–Crippen MR) is 193 cm³/mol. The third-order valence-electron chi connectivity index (χ3n) is 10.1. The van der Waals surface area contributed by atoms with Gasteiger partial charge >= 0.3 is 12.1 Å². The molecular weight excluding hydrogens is 735 g/mol. The fraction of sp³-hybridized carbons (Fsp3) is 0.629. The van der Waals surface area contributed by atoms with Crippen molar-refractivity contribution in [3.8, 4) is 0 Å². The summed E-state index contributed by atoms with van der Waals surface area (Å²) >= 11 is 12.4. The molecule has 0 unspecified atom stereocenters. The Morgan fingerprint density at radius 3 is 2.31 bits per heavy atom. The number of fused-ring (bicyclic) bond motifs is 3. The lowest BCUT2D eigenvalue weighted by molar-refractivity contribution is -0.141. The largest absolute Gasteiger partial charge is 0.444 e. The molecule has 14 nitrogen and oxygen atoms in total. The van der Waals surface area contributed by atoms with E-state index in [1.165, 1.54) is 9.80 Å². The van der Waals surface area contributed by atoms with Crippen LogP contribution in [0.5, 0.6) is 0 Å². The van der Waals surface area contributed by atoms with Gasteiger partial charge in [-0.1, -0.05) is 48.2 Å². The molecule has 5 aliphatic rings. The maximum absolute atomic E-state index is 14.3. The summed E-state index contributed by atoms with van der Waals surface area (Å²) in [5, 5.41) is 8.51. The average molecular weight is 782 g/mol. The number of amides is 6. The molecule has 3 aliphatic heterocycles. The molecule has 4 N–H and O–H groups in total. The number of halogens is 2. The van der Waals surface area contributed by atoms with Gasteiger partial charge in [0.1, 0.15) is 23.7 Å². The topological polar surface area (TPSA) is 183 Å². The van der Waals surface area contributed by atoms with Crippen LogP contribution in [-0.2, 0) is 42.2 Å². The first-order valence-electron chi connectivity index (χ1n) is 17.8. The van der Waals surface area contributed by atoms with E-state index in [-0.39, 0.29) is 32.5 Å². The van der Waals surface area contributed by atoms with Gasteiger partial charge in [0.25, 0.3) is 5.91 Å². The second-order valence-corrected chi connectivity index (χ2v) is 18.3. The number of ether oxygens (including phenoxy) is 1. The minimum absolute atomic E-state index is 0.0821. The molecule has 6 amide bonds. The monoisotopic (exact) mass is 780 g/mol. The second kappa shape index (κ2) is 14.7. The summed E-state index contributed by atoms with van der Waals surface area (Å²) in [5.41, 5.74) is -0.471. The number of sulfonamides is 1. The van der Waals surface area contributed by atoms with E-state index in [1.807, 2.05) is 32.9 Å². The maximum Gasteiger partial charge on any atom is 0.410 e. The standard InChI is InChI=1S/C35H46Cl2N6O8S/c1-34(2,3)40-32(47)38-27-10-8-6-4-5-7-9-22-16-35(22,31(46)41-52(49,50)24-11-12-24)39-29(44)28-15-23(19-43(28)30(27)45)51-33(48)42-17-20-13-25(36)26(37)14-21(20)18-42/h7,9,13-14,22-24,27-28H,4-6,8,10-12,15-19H2,1-3H3,(H,39,44)(H,41,46)(H2,38,40,47)/b9-7-/t22-,23-,27+,28+,35-/m1/s1. The number of rotatable bonds is 5. The molecule has 6 rings (SSSR count). The maximum atomic E-state index is 14.3. The fourth-order valence-electron chi connectivity index (χ4n) is 7.12. The molecule has 0 spiro atoms. The van der Waals surface area contributed by atoms with Gasteiger partial charge in [0.15, 0.2) is 0 Å². The van der Waals surface area contributed by atoms with E-state index < -0.39 is 80.3 Å². The molecule has 2 aliphatic carbocycles. The molecule has 0 aromatic heterocycles. The van der Waals surface area contributed by atoms with E-state index in [0.717, 1.165) is 24.0 Å². The Labute approximate surface area is 313 Å². The van der Waals surface area contributed by atoms with Crippen molar-refractivity contribution >= 4 is 63.1 Å². The van der Waals surface area contributed by atoms with Crippen LogP contribution in [0.15, 0.2) is 24.3 Å². The van der Waals surface area contributed by atoms with Crippen molar-refractivity contribution in [1.29, 1.82) is 0 Å². The Hall–Kier alpha value is -3.56. The van der Waals surface area contributed by atoms with Crippen LogP contribution in [0, 0.1) is 5.92 Å². The minimum atomic E-state index is -3.91. The molecule has 5 atom stereocenters. The van der Waals surface area contributed by atoms with Gasteiger partial charge in [0.05, 0.1) is 21.8 Å². The molecule has 1 aromatic rings. The summed E-state index contributed by atoms with van der Waals surface area (Å²) in [7, 11) is -3.91. The molecule has 3 heterocycles. The summed E-state index contributed by atoms with van der Waals surface area (Å²) in [6.07, 6.45) is 6.35. The first kappa shape index (κ1) is 38.2. The first-order chi connectivity index (χ1) is 24.5. The summed E-state index contributed by atoms with van der Waals surface area (Å²) in [4.78, 5) is 71.4. The third-order valence-corrected chi connectivity index (χ3v) is 12.7. The first-order valence-corrected chi connectivity index (χ1v) is 20.1. The van der Waals surface area contributed by atoms with Crippen molar-refractivity contribution in [2.45, 2.75) is 126 Å². The molecule has 17 heteroatoms. The quantitative estimate of drug-likeness (QED) is 0.325. The van der Waals surface area contributed by atoms with Crippen molar-refractivity contribution < 1.29 is 37.1 Å².